The summed E-state index contributed by atoms with van der Waals surface area (Å²) in [6.07, 6.45) is -0.412. The average molecular weight is 411 g/mol. The van der Waals surface area contributed by atoms with Crippen LogP contribution in [0.1, 0.15) is 32.8 Å². The normalized spacial score (nSPS) is 27.5. The Labute approximate surface area is 167 Å². The molecule has 2 aliphatic rings. The summed E-state index contributed by atoms with van der Waals surface area (Å²) in [6, 6.07) is 4.37. The van der Waals surface area contributed by atoms with Gasteiger partial charge >= 0.3 is 6.09 Å². The maximum absolute atomic E-state index is 14.8. The van der Waals surface area contributed by atoms with Gasteiger partial charge in [0.15, 0.2) is 5.17 Å². The number of alkyl carbamates (subject to hydrolysis) is 1. The molecule has 9 heteroatoms. The molecule has 3 rings (SSSR count). The first-order valence-electron chi connectivity index (χ1n) is 9.13. The van der Waals surface area contributed by atoms with Gasteiger partial charge in [0, 0.05) is 22.9 Å². The van der Waals surface area contributed by atoms with Crippen LogP contribution in [-0.4, -0.2) is 47.0 Å². The standard InChI is InChI=1S/C19H26FN3O4S/c1-18(2,3)27-17(25)22-16-23-19(14-7-12(21)4-5-15(14)20)10-26-13(8-24)6-11(19)9-28-16/h4-5,7,11,13,24H,6,8-10,21H2,1-3H3,(H,22,23,25)/t11-,13+,19-/m0/s1. The lowest BCUT2D eigenvalue weighted by molar-refractivity contribution is -0.0771. The molecule has 4 N–H and O–H groups in total. The van der Waals surface area contributed by atoms with E-state index < -0.39 is 23.1 Å². The third-order valence-electron chi connectivity index (χ3n) is 4.75. The molecule has 28 heavy (non-hydrogen) atoms. The van der Waals surface area contributed by atoms with E-state index in [9.17, 15) is 14.3 Å². The third-order valence-corrected chi connectivity index (χ3v) is 5.79. The minimum absolute atomic E-state index is 0.0797. The lowest BCUT2D eigenvalue weighted by atomic mass is 9.75. The van der Waals surface area contributed by atoms with Gasteiger partial charge in [-0.3, -0.25) is 5.32 Å². The molecule has 0 unspecified atom stereocenters. The Morgan fingerprint density at radius 1 is 1.54 bits per heavy atom. The molecular weight excluding hydrogens is 385 g/mol. The molecule has 1 aromatic rings. The van der Waals surface area contributed by atoms with E-state index in [1.165, 1.54) is 23.9 Å². The second-order valence-electron chi connectivity index (χ2n) is 8.07. The molecule has 0 aromatic heterocycles. The minimum Gasteiger partial charge on any atom is -0.444 e. The number of halogens is 1. The number of fused-ring (bicyclic) bond motifs is 1. The molecule has 1 amide bonds. The Morgan fingerprint density at radius 3 is 2.96 bits per heavy atom. The average Bonchev–Trinajstić information content (AvgIpc) is 2.61. The van der Waals surface area contributed by atoms with E-state index in [1.807, 2.05) is 0 Å². The number of ether oxygens (including phenoxy) is 2. The molecule has 7 nitrogen and oxygen atoms in total. The van der Waals surface area contributed by atoms with Crippen molar-refractivity contribution in [1.29, 1.82) is 0 Å². The molecule has 0 radical (unpaired) electrons. The molecule has 154 valence electrons. The summed E-state index contributed by atoms with van der Waals surface area (Å²) in [4.78, 5) is 16.9. The number of nitrogen functional groups attached to an aromatic ring is 1. The predicted octanol–water partition coefficient (Wildman–Crippen LogP) is 2.63. The first-order valence-corrected chi connectivity index (χ1v) is 10.1. The fourth-order valence-electron chi connectivity index (χ4n) is 3.48. The second kappa shape index (κ2) is 7.88. The van der Waals surface area contributed by atoms with Crippen LogP contribution < -0.4 is 11.1 Å². The monoisotopic (exact) mass is 411 g/mol. The number of aliphatic imine (C=N–C) groups is 1. The summed E-state index contributed by atoms with van der Waals surface area (Å²) in [5.41, 5.74) is 4.98. The number of hydrogen-bond donors (Lipinski definition) is 3. The summed E-state index contributed by atoms with van der Waals surface area (Å²) in [5, 5.41) is 12.5. The highest BCUT2D eigenvalue weighted by Gasteiger charge is 2.49. The van der Waals surface area contributed by atoms with E-state index in [1.54, 1.807) is 26.8 Å². The zero-order valence-electron chi connectivity index (χ0n) is 16.2. The number of carbonyl (C=O) groups is 1. The van der Waals surface area contributed by atoms with Crippen LogP contribution in [-0.2, 0) is 15.0 Å². The molecule has 1 aromatic carbocycles. The smallest absolute Gasteiger partial charge is 0.413 e. The van der Waals surface area contributed by atoms with Crippen molar-refractivity contribution in [2.75, 3.05) is 24.7 Å². The van der Waals surface area contributed by atoms with Crippen LogP contribution in [0, 0.1) is 11.7 Å². The van der Waals surface area contributed by atoms with E-state index in [-0.39, 0.29) is 25.2 Å². The third kappa shape index (κ3) is 4.42. The highest BCUT2D eigenvalue weighted by Crippen LogP contribution is 2.47. The van der Waals surface area contributed by atoms with Crippen LogP contribution in [0.5, 0.6) is 0 Å². The van der Waals surface area contributed by atoms with Gasteiger partial charge in [-0.25, -0.2) is 14.2 Å². The summed E-state index contributed by atoms with van der Waals surface area (Å²) < 4.78 is 25.8. The van der Waals surface area contributed by atoms with Gasteiger partial charge in [-0.1, -0.05) is 11.8 Å². The Morgan fingerprint density at radius 2 is 2.29 bits per heavy atom. The molecular formula is C19H26FN3O4S. The fourth-order valence-corrected chi connectivity index (χ4v) is 4.63. The SMILES string of the molecule is CC(C)(C)OC(=O)NC1=N[C@@]2(c3cc(N)ccc3F)CO[C@@H](CO)C[C@H]2CS1. The van der Waals surface area contributed by atoms with Crippen molar-refractivity contribution in [3.05, 3.63) is 29.6 Å². The maximum atomic E-state index is 14.8. The predicted molar refractivity (Wildman–Crippen MR) is 107 cm³/mol. The van der Waals surface area contributed by atoms with Crippen molar-refractivity contribution >= 4 is 28.7 Å². The number of nitrogens with two attached hydrogens (primary N) is 1. The lowest BCUT2D eigenvalue weighted by Crippen LogP contribution is -2.52. The number of nitrogens with zero attached hydrogens (tertiary/aromatic N) is 1. The van der Waals surface area contributed by atoms with Gasteiger partial charge in [-0.15, -0.1) is 0 Å². The largest absolute Gasteiger partial charge is 0.444 e. The zero-order valence-corrected chi connectivity index (χ0v) is 17.0. The van der Waals surface area contributed by atoms with Gasteiger partial charge in [0.1, 0.15) is 17.0 Å². The van der Waals surface area contributed by atoms with Crippen LogP contribution >= 0.6 is 11.8 Å². The van der Waals surface area contributed by atoms with E-state index >= 15 is 0 Å². The molecule has 1 saturated heterocycles. The van der Waals surface area contributed by atoms with Crippen molar-refractivity contribution in [2.24, 2.45) is 10.9 Å². The van der Waals surface area contributed by atoms with E-state index in [2.05, 4.69) is 5.32 Å². The zero-order chi connectivity index (χ0) is 20.5. The topological polar surface area (TPSA) is 106 Å². The Balaban J connectivity index is 1.97. The van der Waals surface area contributed by atoms with Crippen molar-refractivity contribution < 1.29 is 23.8 Å². The van der Waals surface area contributed by atoms with Crippen molar-refractivity contribution in [3.8, 4) is 0 Å². The summed E-state index contributed by atoms with van der Waals surface area (Å²) in [5.74, 6) is 0.0735. The van der Waals surface area contributed by atoms with Crippen molar-refractivity contribution in [2.45, 2.75) is 44.4 Å². The van der Waals surface area contributed by atoms with Crippen molar-refractivity contribution in [3.63, 3.8) is 0 Å². The number of carbonyl (C=O) groups excluding carboxylic acids is 1. The maximum Gasteiger partial charge on any atom is 0.413 e. The quantitative estimate of drug-likeness (QED) is 0.646. The van der Waals surface area contributed by atoms with Crippen LogP contribution in [0.2, 0.25) is 0 Å². The van der Waals surface area contributed by atoms with Gasteiger partial charge in [-0.2, -0.15) is 0 Å². The van der Waals surface area contributed by atoms with E-state index in [4.69, 9.17) is 20.2 Å². The first kappa shape index (κ1) is 20.9. The molecule has 0 saturated carbocycles. The highest BCUT2D eigenvalue weighted by molar-refractivity contribution is 8.13. The highest BCUT2D eigenvalue weighted by atomic mass is 32.2. The number of hydrogen-bond acceptors (Lipinski definition) is 7. The van der Waals surface area contributed by atoms with Crippen LogP contribution in [0.3, 0.4) is 0 Å². The molecule has 0 spiro atoms. The number of aliphatic hydroxyl groups is 1. The van der Waals surface area contributed by atoms with E-state index in [0.29, 0.717) is 28.6 Å². The summed E-state index contributed by atoms with van der Waals surface area (Å²) in [7, 11) is 0. The van der Waals surface area contributed by atoms with Crippen LogP contribution in [0.4, 0.5) is 14.9 Å². The number of rotatable bonds is 2. The van der Waals surface area contributed by atoms with Crippen LogP contribution in [0.15, 0.2) is 23.2 Å². The van der Waals surface area contributed by atoms with Gasteiger partial charge in [0.05, 0.1) is 19.3 Å². The first-order chi connectivity index (χ1) is 13.1. The number of aliphatic hydroxyl groups excluding tert-OH is 1. The number of thioether (sulfide) groups is 1. The molecule has 1 fully saturated rings. The van der Waals surface area contributed by atoms with Gasteiger partial charge in [0.25, 0.3) is 0 Å². The summed E-state index contributed by atoms with van der Waals surface area (Å²) >= 11 is 1.37. The van der Waals surface area contributed by atoms with Crippen molar-refractivity contribution in [1.82, 2.24) is 5.32 Å². The Kier molecular flexibility index (Phi) is 5.88. The van der Waals surface area contributed by atoms with Gasteiger partial charge < -0.3 is 20.3 Å². The molecule has 3 atom stereocenters. The molecule has 2 aliphatic heterocycles. The number of anilines is 1. The van der Waals surface area contributed by atoms with Gasteiger partial charge in [-0.05, 0) is 45.4 Å². The molecule has 0 aliphatic carbocycles. The lowest BCUT2D eigenvalue weighted by Gasteiger charge is -2.46. The summed E-state index contributed by atoms with van der Waals surface area (Å²) in [6.45, 7) is 5.29. The fraction of sp³-hybridized carbons (Fsp3) is 0.579. The Bertz CT molecular complexity index is 783. The number of amides is 1. The Hall–Kier alpha value is -1.84. The molecule has 2 heterocycles. The van der Waals surface area contributed by atoms with E-state index in [0.717, 1.165) is 0 Å². The minimum atomic E-state index is -1.03. The van der Waals surface area contributed by atoms with Crippen LogP contribution in [0.25, 0.3) is 0 Å². The number of amidine groups is 1. The van der Waals surface area contributed by atoms with Gasteiger partial charge in [0.2, 0.25) is 0 Å². The second-order valence-corrected chi connectivity index (χ2v) is 9.08. The molecule has 0 bridgehead atoms. The number of benzene rings is 1. The number of nitrogens with one attached hydrogen (secondary N) is 1.